The minimum Gasteiger partial charge on any atom is -0.481 e. The zero-order chi connectivity index (χ0) is 13.4. The SMILES string of the molecule is O=C(O)C1CC(=O)N(c2nccc3cccnc23)C1. The predicted molar refractivity (Wildman–Crippen MR) is 67.6 cm³/mol. The summed E-state index contributed by atoms with van der Waals surface area (Å²) in [5.74, 6) is -1.41. The molecule has 6 nitrogen and oxygen atoms in total. The smallest absolute Gasteiger partial charge is 0.308 e. The molecule has 2 aromatic rings. The van der Waals surface area contributed by atoms with Gasteiger partial charge in [0.1, 0.15) is 5.52 Å². The second kappa shape index (κ2) is 4.31. The van der Waals surface area contributed by atoms with Crippen molar-refractivity contribution in [3.8, 4) is 0 Å². The number of hydrogen-bond donors (Lipinski definition) is 1. The summed E-state index contributed by atoms with van der Waals surface area (Å²) < 4.78 is 0. The third kappa shape index (κ3) is 1.91. The minimum absolute atomic E-state index is 0.0141. The Kier molecular flexibility index (Phi) is 2.63. The molecule has 96 valence electrons. The Labute approximate surface area is 108 Å². The molecule has 19 heavy (non-hydrogen) atoms. The molecule has 1 aliphatic rings. The van der Waals surface area contributed by atoms with Crippen LogP contribution in [0.1, 0.15) is 6.42 Å². The van der Waals surface area contributed by atoms with Crippen LogP contribution in [0.4, 0.5) is 5.82 Å². The summed E-state index contributed by atoms with van der Waals surface area (Å²) in [5.41, 5.74) is 0.615. The number of carbonyl (C=O) groups excluding carboxylic acids is 1. The maximum Gasteiger partial charge on any atom is 0.308 e. The standard InChI is InChI=1S/C13H11N3O3/c17-10-6-9(13(18)19)7-16(10)12-11-8(3-5-15-12)2-1-4-14-11/h1-5,9H,6-7H2,(H,18,19). The van der Waals surface area contributed by atoms with Gasteiger partial charge in [0.05, 0.1) is 5.92 Å². The molecule has 0 aromatic carbocycles. The van der Waals surface area contributed by atoms with Gasteiger partial charge in [-0.05, 0) is 12.1 Å². The molecule has 3 rings (SSSR count). The largest absolute Gasteiger partial charge is 0.481 e. The van der Waals surface area contributed by atoms with Gasteiger partial charge in [-0.3, -0.25) is 19.5 Å². The first kappa shape index (κ1) is 11.6. The van der Waals surface area contributed by atoms with E-state index in [1.807, 2.05) is 6.07 Å². The molecule has 1 saturated heterocycles. The van der Waals surface area contributed by atoms with E-state index in [4.69, 9.17) is 5.11 Å². The van der Waals surface area contributed by atoms with Crippen LogP contribution in [0.2, 0.25) is 0 Å². The van der Waals surface area contributed by atoms with Crippen molar-refractivity contribution in [3.63, 3.8) is 0 Å². The third-order valence-corrected chi connectivity index (χ3v) is 3.23. The van der Waals surface area contributed by atoms with E-state index in [-0.39, 0.29) is 18.9 Å². The maximum absolute atomic E-state index is 11.9. The van der Waals surface area contributed by atoms with Gasteiger partial charge in [-0.1, -0.05) is 6.07 Å². The second-order valence-corrected chi connectivity index (χ2v) is 4.45. The lowest BCUT2D eigenvalue weighted by Crippen LogP contribution is -2.27. The number of aromatic nitrogens is 2. The Hall–Kier alpha value is -2.50. The van der Waals surface area contributed by atoms with E-state index < -0.39 is 11.9 Å². The van der Waals surface area contributed by atoms with Crippen molar-refractivity contribution in [2.75, 3.05) is 11.4 Å². The van der Waals surface area contributed by atoms with Crippen LogP contribution in [-0.4, -0.2) is 33.5 Å². The molecule has 0 bridgehead atoms. The van der Waals surface area contributed by atoms with E-state index in [1.165, 1.54) is 4.90 Å². The summed E-state index contributed by atoms with van der Waals surface area (Å²) in [6.45, 7) is 0.150. The molecular weight excluding hydrogens is 246 g/mol. The minimum atomic E-state index is -0.955. The molecular formula is C13H11N3O3. The van der Waals surface area contributed by atoms with Crippen LogP contribution >= 0.6 is 0 Å². The number of carbonyl (C=O) groups is 2. The van der Waals surface area contributed by atoms with Crippen molar-refractivity contribution in [1.82, 2.24) is 9.97 Å². The van der Waals surface area contributed by atoms with Crippen LogP contribution < -0.4 is 4.90 Å². The first-order valence-corrected chi connectivity index (χ1v) is 5.89. The summed E-state index contributed by atoms with van der Waals surface area (Å²) in [6.07, 6.45) is 3.24. The van der Waals surface area contributed by atoms with Crippen LogP contribution in [0.5, 0.6) is 0 Å². The number of aliphatic carboxylic acids is 1. The number of anilines is 1. The Morgan fingerprint density at radius 3 is 2.89 bits per heavy atom. The topological polar surface area (TPSA) is 83.4 Å². The second-order valence-electron chi connectivity index (χ2n) is 4.45. The fourth-order valence-corrected chi connectivity index (χ4v) is 2.26. The summed E-state index contributed by atoms with van der Waals surface area (Å²) in [6, 6.07) is 5.49. The molecule has 0 aliphatic carbocycles. The Balaban J connectivity index is 2.05. The van der Waals surface area contributed by atoms with Gasteiger partial charge < -0.3 is 5.11 Å². The van der Waals surface area contributed by atoms with Gasteiger partial charge in [0.25, 0.3) is 0 Å². The lowest BCUT2D eigenvalue weighted by atomic mass is 10.1. The summed E-state index contributed by atoms with van der Waals surface area (Å²) >= 11 is 0. The van der Waals surface area contributed by atoms with Crippen LogP contribution in [0.25, 0.3) is 10.9 Å². The average Bonchev–Trinajstić information content (AvgIpc) is 2.80. The number of hydrogen-bond acceptors (Lipinski definition) is 4. The van der Waals surface area contributed by atoms with E-state index in [2.05, 4.69) is 9.97 Å². The molecule has 1 N–H and O–H groups in total. The zero-order valence-electron chi connectivity index (χ0n) is 9.98. The van der Waals surface area contributed by atoms with Crippen molar-refractivity contribution in [2.45, 2.75) is 6.42 Å². The molecule has 1 amide bonds. The Bertz CT molecular complexity index is 666. The van der Waals surface area contributed by atoms with Crippen LogP contribution in [-0.2, 0) is 9.59 Å². The van der Waals surface area contributed by atoms with Gasteiger partial charge in [-0.2, -0.15) is 0 Å². The molecule has 0 spiro atoms. The highest BCUT2D eigenvalue weighted by molar-refractivity contribution is 6.03. The lowest BCUT2D eigenvalue weighted by Gasteiger charge is -2.16. The van der Waals surface area contributed by atoms with Gasteiger partial charge in [0, 0.05) is 30.7 Å². The first-order valence-electron chi connectivity index (χ1n) is 5.89. The Morgan fingerprint density at radius 1 is 1.32 bits per heavy atom. The number of pyridine rings is 2. The molecule has 1 aliphatic heterocycles. The van der Waals surface area contributed by atoms with E-state index >= 15 is 0 Å². The van der Waals surface area contributed by atoms with Gasteiger partial charge in [0.15, 0.2) is 5.82 Å². The number of rotatable bonds is 2. The van der Waals surface area contributed by atoms with Crippen LogP contribution in [0.3, 0.4) is 0 Å². The monoisotopic (exact) mass is 257 g/mol. The van der Waals surface area contributed by atoms with Gasteiger partial charge in [0.2, 0.25) is 5.91 Å². The highest BCUT2D eigenvalue weighted by atomic mass is 16.4. The molecule has 2 aromatic heterocycles. The first-order chi connectivity index (χ1) is 9.16. The molecule has 1 unspecified atom stereocenters. The van der Waals surface area contributed by atoms with Crippen LogP contribution in [0, 0.1) is 5.92 Å². The summed E-state index contributed by atoms with van der Waals surface area (Å²) in [5, 5.41) is 9.87. The molecule has 0 saturated carbocycles. The number of fused-ring (bicyclic) bond motifs is 1. The molecule has 1 atom stereocenters. The zero-order valence-corrected chi connectivity index (χ0v) is 9.98. The quantitative estimate of drug-likeness (QED) is 0.869. The average molecular weight is 257 g/mol. The third-order valence-electron chi connectivity index (χ3n) is 3.23. The highest BCUT2D eigenvalue weighted by Gasteiger charge is 2.36. The van der Waals surface area contributed by atoms with Crippen molar-refractivity contribution >= 4 is 28.6 Å². The lowest BCUT2D eigenvalue weighted by molar-refractivity contribution is -0.141. The molecule has 6 heteroatoms. The van der Waals surface area contributed by atoms with E-state index in [1.54, 1.807) is 24.5 Å². The fraction of sp³-hybridized carbons (Fsp3) is 0.231. The van der Waals surface area contributed by atoms with E-state index in [9.17, 15) is 9.59 Å². The number of carboxylic acids is 1. The fourth-order valence-electron chi connectivity index (χ4n) is 2.26. The van der Waals surface area contributed by atoms with E-state index in [0.29, 0.717) is 11.3 Å². The number of nitrogens with zero attached hydrogens (tertiary/aromatic N) is 3. The van der Waals surface area contributed by atoms with E-state index in [0.717, 1.165) is 5.39 Å². The van der Waals surface area contributed by atoms with Crippen molar-refractivity contribution < 1.29 is 14.7 Å². The predicted octanol–water partition coefficient (Wildman–Crippen LogP) is 1.07. The molecule has 3 heterocycles. The van der Waals surface area contributed by atoms with Crippen molar-refractivity contribution in [3.05, 3.63) is 30.6 Å². The van der Waals surface area contributed by atoms with Gasteiger partial charge >= 0.3 is 5.97 Å². The van der Waals surface area contributed by atoms with Gasteiger partial charge in [-0.15, -0.1) is 0 Å². The number of amides is 1. The summed E-state index contributed by atoms with van der Waals surface area (Å²) in [7, 11) is 0. The maximum atomic E-state index is 11.9. The van der Waals surface area contributed by atoms with Crippen LogP contribution in [0.15, 0.2) is 30.6 Å². The highest BCUT2D eigenvalue weighted by Crippen LogP contribution is 2.28. The van der Waals surface area contributed by atoms with Gasteiger partial charge in [-0.25, -0.2) is 4.98 Å². The Morgan fingerprint density at radius 2 is 2.16 bits per heavy atom. The van der Waals surface area contributed by atoms with Crippen molar-refractivity contribution in [1.29, 1.82) is 0 Å². The molecule has 1 fully saturated rings. The normalized spacial score (nSPS) is 19.1. The van der Waals surface area contributed by atoms with Crippen molar-refractivity contribution in [2.24, 2.45) is 5.92 Å². The summed E-state index contributed by atoms with van der Waals surface area (Å²) in [4.78, 5) is 32.7. The molecule has 0 radical (unpaired) electrons. The number of carboxylic acid groups (broad SMARTS) is 1.